The lowest BCUT2D eigenvalue weighted by atomic mass is 10.2. The van der Waals surface area contributed by atoms with Crippen LogP contribution in [0.4, 0.5) is 0 Å². The number of para-hydroxylation sites is 2. The van der Waals surface area contributed by atoms with E-state index in [9.17, 15) is 4.79 Å². The molecule has 0 saturated carbocycles. The van der Waals surface area contributed by atoms with Gasteiger partial charge in [0.1, 0.15) is 11.3 Å². The van der Waals surface area contributed by atoms with Crippen LogP contribution in [-0.4, -0.2) is 11.3 Å². The summed E-state index contributed by atoms with van der Waals surface area (Å²) in [6, 6.07) is 12.5. The summed E-state index contributed by atoms with van der Waals surface area (Å²) in [7, 11) is 0. The molecule has 4 nitrogen and oxygen atoms in total. The van der Waals surface area contributed by atoms with Gasteiger partial charge >= 0.3 is 6.08 Å². The maximum atomic E-state index is 10.8. The molecule has 0 aliphatic rings. The lowest BCUT2D eigenvalue weighted by Gasteiger charge is -2.02. The molecule has 0 atom stereocenters. The van der Waals surface area contributed by atoms with Crippen molar-refractivity contribution in [1.29, 1.82) is 0 Å². The number of carbonyl (C=O) groups is 1. The number of ether oxygens (including phenoxy) is 1. The van der Waals surface area contributed by atoms with Gasteiger partial charge in [-0.3, -0.25) is 4.79 Å². The van der Waals surface area contributed by atoms with Crippen molar-refractivity contribution in [1.82, 2.24) is 4.98 Å². The molecule has 0 aliphatic heterocycles. The van der Waals surface area contributed by atoms with Crippen LogP contribution in [-0.2, 0) is 0 Å². The molecule has 0 saturated heterocycles. The minimum atomic E-state index is 0.153. The van der Waals surface area contributed by atoms with E-state index in [1.165, 1.54) is 0 Å². The third kappa shape index (κ3) is 2.37. The van der Waals surface area contributed by atoms with E-state index in [0.29, 0.717) is 21.4 Å². The van der Waals surface area contributed by atoms with Crippen LogP contribution in [0.15, 0.2) is 51.4 Å². The van der Waals surface area contributed by atoms with Crippen LogP contribution >= 0.6 is 15.9 Å². The van der Waals surface area contributed by atoms with Crippen LogP contribution < -0.4 is 4.74 Å². The molecule has 0 radical (unpaired) electrons. The van der Waals surface area contributed by atoms with Gasteiger partial charge in [-0.15, -0.1) is 0 Å². The number of oxazole rings is 1. The normalized spacial score (nSPS) is 10.6. The lowest BCUT2D eigenvalue weighted by molar-refractivity contribution is 0.112. The topological polar surface area (TPSA) is 52.3 Å². The Morgan fingerprint density at radius 3 is 2.84 bits per heavy atom. The monoisotopic (exact) mass is 317 g/mol. The Morgan fingerprint density at radius 2 is 2.05 bits per heavy atom. The summed E-state index contributed by atoms with van der Waals surface area (Å²) in [4.78, 5) is 15.0. The predicted molar refractivity (Wildman–Crippen MR) is 73.6 cm³/mol. The fraction of sp³-hybridized carbons (Fsp3) is 0. The minimum Gasteiger partial charge on any atom is -0.411 e. The minimum absolute atomic E-state index is 0.153. The molecule has 0 N–H and O–H groups in total. The number of halogens is 1. The van der Waals surface area contributed by atoms with Gasteiger partial charge in [-0.05, 0) is 30.3 Å². The molecule has 0 bridgehead atoms. The average Bonchev–Trinajstić information content (AvgIpc) is 2.83. The Bertz CT molecular complexity index is 718. The van der Waals surface area contributed by atoms with Crippen LogP contribution in [0.5, 0.6) is 11.8 Å². The summed E-state index contributed by atoms with van der Waals surface area (Å²) in [6.45, 7) is 0. The fourth-order valence-corrected chi connectivity index (χ4v) is 2.01. The molecular formula is C14H8BrNO3. The van der Waals surface area contributed by atoms with Crippen LogP contribution in [0.25, 0.3) is 11.1 Å². The van der Waals surface area contributed by atoms with Crippen molar-refractivity contribution in [2.45, 2.75) is 0 Å². The van der Waals surface area contributed by atoms with Crippen molar-refractivity contribution < 1.29 is 13.9 Å². The first-order valence-electron chi connectivity index (χ1n) is 5.54. The molecular weight excluding hydrogens is 310 g/mol. The van der Waals surface area contributed by atoms with Crippen molar-refractivity contribution in [2.24, 2.45) is 0 Å². The number of fused-ring (bicyclic) bond motifs is 1. The van der Waals surface area contributed by atoms with Crippen molar-refractivity contribution >= 4 is 33.3 Å². The largest absolute Gasteiger partial charge is 0.411 e. The molecule has 3 aromatic rings. The van der Waals surface area contributed by atoms with Gasteiger partial charge in [-0.2, -0.15) is 4.98 Å². The van der Waals surface area contributed by atoms with Crippen LogP contribution in [0.2, 0.25) is 0 Å². The Balaban J connectivity index is 1.94. The average molecular weight is 318 g/mol. The first-order chi connectivity index (χ1) is 9.26. The summed E-state index contributed by atoms with van der Waals surface area (Å²) < 4.78 is 11.7. The molecule has 1 aromatic heterocycles. The SMILES string of the molecule is O=Cc1cc(Oc2nc3ccccc3o2)ccc1Br. The second kappa shape index (κ2) is 4.85. The molecule has 5 heteroatoms. The number of hydrogen-bond donors (Lipinski definition) is 0. The molecule has 0 unspecified atom stereocenters. The highest BCUT2D eigenvalue weighted by Crippen LogP contribution is 2.27. The van der Waals surface area contributed by atoms with E-state index < -0.39 is 0 Å². The zero-order valence-corrected chi connectivity index (χ0v) is 11.3. The number of carbonyl (C=O) groups excluding carboxylic acids is 1. The Labute approximate surface area is 117 Å². The van der Waals surface area contributed by atoms with Crippen molar-refractivity contribution in [2.75, 3.05) is 0 Å². The van der Waals surface area contributed by atoms with Gasteiger partial charge in [-0.25, -0.2) is 0 Å². The molecule has 3 rings (SSSR count). The van der Waals surface area contributed by atoms with Gasteiger partial charge in [0.2, 0.25) is 0 Å². The number of aldehydes is 1. The van der Waals surface area contributed by atoms with E-state index >= 15 is 0 Å². The van der Waals surface area contributed by atoms with E-state index in [1.807, 2.05) is 24.3 Å². The van der Waals surface area contributed by atoms with E-state index in [0.717, 1.165) is 11.8 Å². The molecule has 94 valence electrons. The zero-order chi connectivity index (χ0) is 13.2. The second-order valence-corrected chi connectivity index (χ2v) is 4.71. The van der Waals surface area contributed by atoms with Crippen molar-refractivity contribution in [3.05, 3.63) is 52.5 Å². The fourth-order valence-electron chi connectivity index (χ4n) is 1.67. The molecule has 19 heavy (non-hydrogen) atoms. The van der Waals surface area contributed by atoms with Gasteiger partial charge in [-0.1, -0.05) is 28.1 Å². The lowest BCUT2D eigenvalue weighted by Crippen LogP contribution is -1.87. The van der Waals surface area contributed by atoms with Gasteiger partial charge in [0.05, 0.1) is 0 Å². The quantitative estimate of drug-likeness (QED) is 0.679. The highest BCUT2D eigenvalue weighted by molar-refractivity contribution is 9.10. The molecule has 0 aliphatic carbocycles. The van der Waals surface area contributed by atoms with Crippen molar-refractivity contribution in [3.8, 4) is 11.8 Å². The van der Waals surface area contributed by atoms with E-state index in [4.69, 9.17) is 9.15 Å². The first kappa shape index (κ1) is 11.9. The number of aromatic nitrogens is 1. The van der Waals surface area contributed by atoms with Gasteiger partial charge in [0.15, 0.2) is 11.9 Å². The smallest absolute Gasteiger partial charge is 0.400 e. The molecule has 2 aromatic carbocycles. The number of rotatable bonds is 3. The number of nitrogens with zero attached hydrogens (tertiary/aromatic N) is 1. The molecule has 0 fully saturated rings. The van der Waals surface area contributed by atoms with Gasteiger partial charge in [0, 0.05) is 10.0 Å². The number of hydrogen-bond acceptors (Lipinski definition) is 4. The highest BCUT2D eigenvalue weighted by Gasteiger charge is 2.08. The van der Waals surface area contributed by atoms with Gasteiger partial charge < -0.3 is 9.15 Å². The third-order valence-electron chi connectivity index (χ3n) is 2.57. The number of benzene rings is 2. The van der Waals surface area contributed by atoms with E-state index in [1.54, 1.807) is 18.2 Å². The summed E-state index contributed by atoms with van der Waals surface area (Å²) in [6.07, 6.45) is 0.906. The second-order valence-electron chi connectivity index (χ2n) is 3.85. The van der Waals surface area contributed by atoms with Crippen LogP contribution in [0.3, 0.4) is 0 Å². The third-order valence-corrected chi connectivity index (χ3v) is 3.30. The summed E-state index contributed by atoms with van der Waals surface area (Å²) in [5.74, 6) is 0.497. The van der Waals surface area contributed by atoms with Crippen LogP contribution in [0, 0.1) is 0 Å². The molecule has 1 heterocycles. The highest BCUT2D eigenvalue weighted by atomic mass is 79.9. The van der Waals surface area contributed by atoms with Crippen molar-refractivity contribution in [3.63, 3.8) is 0 Å². The predicted octanol–water partition coefficient (Wildman–Crippen LogP) is 4.20. The standard InChI is InChI=1S/C14H8BrNO3/c15-11-6-5-10(7-9(11)8-17)18-14-16-12-3-1-2-4-13(12)19-14/h1-8H. The summed E-state index contributed by atoms with van der Waals surface area (Å²) in [5, 5.41) is 0. The van der Waals surface area contributed by atoms with Crippen LogP contribution in [0.1, 0.15) is 10.4 Å². The van der Waals surface area contributed by atoms with E-state index in [-0.39, 0.29) is 6.08 Å². The first-order valence-corrected chi connectivity index (χ1v) is 6.34. The van der Waals surface area contributed by atoms with E-state index in [2.05, 4.69) is 20.9 Å². The summed E-state index contributed by atoms with van der Waals surface area (Å²) >= 11 is 3.28. The zero-order valence-electron chi connectivity index (χ0n) is 9.67. The van der Waals surface area contributed by atoms with Gasteiger partial charge in [0.25, 0.3) is 0 Å². The summed E-state index contributed by atoms with van der Waals surface area (Å²) in [5.41, 5.74) is 1.89. The maximum absolute atomic E-state index is 10.8. The Morgan fingerprint density at radius 1 is 1.21 bits per heavy atom. The molecule has 0 spiro atoms. The maximum Gasteiger partial charge on any atom is 0.400 e. The Kier molecular flexibility index (Phi) is 3.05. The Hall–Kier alpha value is -2.14. The molecule has 0 amide bonds.